The fraction of sp³-hybridized carbons (Fsp3) is 1.00. The zero-order valence-electron chi connectivity index (χ0n) is 14.6. The van der Waals surface area contributed by atoms with Gasteiger partial charge in [0.25, 0.3) is 0 Å². The van der Waals surface area contributed by atoms with Gasteiger partial charge in [0.15, 0.2) is 0 Å². The molecule has 1 atom stereocenters. The number of rotatable bonds is 15. The molecule has 22 heavy (non-hydrogen) atoms. The van der Waals surface area contributed by atoms with Crippen molar-refractivity contribution in [1.82, 2.24) is 0 Å². The molecule has 0 aromatic rings. The van der Waals surface area contributed by atoms with Gasteiger partial charge in [-0.15, -0.1) is 0 Å². The van der Waals surface area contributed by atoms with Crippen LogP contribution in [0.3, 0.4) is 0 Å². The number of hydrogen-bond donors (Lipinski definition) is 1. The van der Waals surface area contributed by atoms with E-state index in [9.17, 15) is 13.0 Å². The van der Waals surface area contributed by atoms with Crippen LogP contribution in [0.1, 0.15) is 90.4 Å². The molecule has 0 aliphatic carbocycles. The number of hydrogen-bond acceptors (Lipinski definition) is 4. The molecule has 0 bridgehead atoms. The number of aliphatic hydroxyl groups is 1. The Bertz CT molecular complexity index is 304. The van der Waals surface area contributed by atoms with Gasteiger partial charge < -0.3 is 9.66 Å². The Hall–Kier alpha value is 1.51. The Morgan fingerprint density at radius 2 is 1.23 bits per heavy atom. The van der Waals surface area contributed by atoms with E-state index in [1.54, 1.807) is 0 Å². The molecule has 0 fully saturated rings. The van der Waals surface area contributed by atoms with Crippen molar-refractivity contribution < 1.29 is 69.5 Å². The predicted molar refractivity (Wildman–Crippen MR) is 86.3 cm³/mol. The quantitative estimate of drug-likeness (QED) is 0.268. The fourth-order valence-electron chi connectivity index (χ4n) is 2.60. The minimum atomic E-state index is -4.15. The summed E-state index contributed by atoms with van der Waals surface area (Å²) >= 11 is 0. The van der Waals surface area contributed by atoms with Crippen LogP contribution in [0.25, 0.3) is 0 Å². The van der Waals surface area contributed by atoms with Gasteiger partial charge in [-0.05, 0) is 19.3 Å². The second-order valence-corrected chi connectivity index (χ2v) is 7.60. The average molecular weight is 361 g/mol. The molecule has 1 N–H and O–H groups in total. The summed E-state index contributed by atoms with van der Waals surface area (Å²) < 4.78 is 33.8. The van der Waals surface area contributed by atoms with Crippen LogP contribution in [0.4, 0.5) is 0 Å². The third-order valence-corrected chi connectivity index (χ3v) is 5.26. The third-order valence-electron chi connectivity index (χ3n) is 3.97. The average Bonchev–Trinajstić information content (AvgIpc) is 2.42. The molecule has 128 valence electrons. The van der Waals surface area contributed by atoms with Gasteiger partial charge in [-0.2, -0.15) is 0 Å². The van der Waals surface area contributed by atoms with E-state index >= 15 is 0 Å². The smallest absolute Gasteiger partial charge is 0.748 e. The van der Waals surface area contributed by atoms with Crippen molar-refractivity contribution in [3.05, 3.63) is 0 Å². The summed E-state index contributed by atoms with van der Waals surface area (Å²) in [6.45, 7) is 2.39. The van der Waals surface area contributed by atoms with Crippen LogP contribution in [0.2, 0.25) is 0 Å². The van der Waals surface area contributed by atoms with E-state index in [4.69, 9.17) is 5.11 Å². The summed E-state index contributed by atoms with van der Waals surface area (Å²) in [6, 6.07) is 0. The minimum absolute atomic E-state index is 0. The molecule has 0 aliphatic rings. The molecule has 0 radical (unpaired) electrons. The predicted octanol–water partition coefficient (Wildman–Crippen LogP) is 0.988. The maximum atomic E-state index is 11.3. The first-order valence-electron chi connectivity index (χ1n) is 8.58. The van der Waals surface area contributed by atoms with E-state index in [-0.39, 0.29) is 58.0 Å². The van der Waals surface area contributed by atoms with Crippen LogP contribution in [0, 0.1) is 0 Å². The molecule has 0 saturated heterocycles. The molecule has 1 unspecified atom stereocenters. The van der Waals surface area contributed by atoms with Crippen molar-refractivity contribution >= 4 is 10.1 Å². The molecule has 0 spiro atoms. The van der Waals surface area contributed by atoms with E-state index in [1.807, 2.05) is 0 Å². The van der Waals surface area contributed by atoms with Gasteiger partial charge in [-0.25, -0.2) is 8.42 Å². The third kappa shape index (κ3) is 16.4. The molecule has 0 aromatic heterocycles. The monoisotopic (exact) mass is 360 g/mol. The Kier molecular flexibility index (Phi) is 20.3. The van der Waals surface area contributed by atoms with Crippen molar-refractivity contribution in [2.75, 3.05) is 6.61 Å². The Morgan fingerprint density at radius 3 is 1.64 bits per heavy atom. The Labute approximate surface area is 180 Å². The molecule has 6 heteroatoms. The summed E-state index contributed by atoms with van der Waals surface area (Å²) in [5.41, 5.74) is 0. The fourth-order valence-corrected chi connectivity index (χ4v) is 3.51. The first kappa shape index (κ1) is 25.7. The van der Waals surface area contributed by atoms with Gasteiger partial charge >= 0.3 is 51.4 Å². The normalized spacial score (nSPS) is 12.9. The van der Waals surface area contributed by atoms with Crippen molar-refractivity contribution in [1.29, 1.82) is 0 Å². The second kappa shape index (κ2) is 17.3. The number of aliphatic hydroxyl groups excluding tert-OH is 1. The topological polar surface area (TPSA) is 77.4 Å². The zero-order chi connectivity index (χ0) is 16.0. The van der Waals surface area contributed by atoms with Gasteiger partial charge in [0.2, 0.25) is 0 Å². The molecule has 0 aliphatic heterocycles. The van der Waals surface area contributed by atoms with E-state index in [0.29, 0.717) is 12.8 Å². The van der Waals surface area contributed by atoms with Crippen LogP contribution in [0.15, 0.2) is 0 Å². The summed E-state index contributed by atoms with van der Waals surface area (Å²) in [6.07, 6.45) is 12.2. The molecular weight excluding hydrogens is 327 g/mol. The molecule has 0 rings (SSSR count). The van der Waals surface area contributed by atoms with Crippen molar-refractivity contribution in [3.63, 3.8) is 0 Å². The Morgan fingerprint density at radius 1 is 0.818 bits per heavy atom. The van der Waals surface area contributed by atoms with Crippen LogP contribution < -0.4 is 51.4 Å². The van der Waals surface area contributed by atoms with Crippen LogP contribution in [0.5, 0.6) is 0 Å². The summed E-state index contributed by atoms with van der Waals surface area (Å²) in [5.74, 6) is 0. The molecular formula is C16H33KO4S. The second-order valence-electron chi connectivity index (χ2n) is 5.95. The first-order valence-corrected chi connectivity index (χ1v) is 10.0. The summed E-state index contributed by atoms with van der Waals surface area (Å²) in [4.78, 5) is 0. The largest absolute Gasteiger partial charge is 1.00 e. The van der Waals surface area contributed by atoms with Crippen LogP contribution in [-0.2, 0) is 10.1 Å². The van der Waals surface area contributed by atoms with Gasteiger partial charge in [0.05, 0.1) is 10.1 Å². The van der Waals surface area contributed by atoms with Crippen molar-refractivity contribution in [3.8, 4) is 0 Å². The van der Waals surface area contributed by atoms with Gasteiger partial charge in [-0.3, -0.25) is 0 Å². The van der Waals surface area contributed by atoms with E-state index in [0.717, 1.165) is 51.4 Å². The van der Waals surface area contributed by atoms with Crippen molar-refractivity contribution in [2.24, 2.45) is 0 Å². The van der Waals surface area contributed by atoms with Gasteiger partial charge in [0, 0.05) is 11.9 Å². The van der Waals surface area contributed by atoms with E-state index < -0.39 is 15.4 Å². The SMILES string of the molecule is CCCCCCCCC(CCCCCCCO)S(=O)(=O)[O-].[K+]. The maximum absolute atomic E-state index is 11.3. The first-order chi connectivity index (χ1) is 10.0. The molecule has 0 amide bonds. The summed E-state index contributed by atoms with van der Waals surface area (Å²) in [7, 11) is -4.15. The number of unbranched alkanes of at least 4 members (excludes halogenated alkanes) is 9. The van der Waals surface area contributed by atoms with E-state index in [2.05, 4.69) is 6.92 Å². The molecule has 4 nitrogen and oxygen atoms in total. The van der Waals surface area contributed by atoms with Crippen LogP contribution >= 0.6 is 0 Å². The van der Waals surface area contributed by atoms with Crippen LogP contribution in [-0.4, -0.2) is 29.9 Å². The van der Waals surface area contributed by atoms with E-state index in [1.165, 1.54) is 19.3 Å². The van der Waals surface area contributed by atoms with Gasteiger partial charge in [-0.1, -0.05) is 71.1 Å². The molecule has 0 saturated carbocycles. The van der Waals surface area contributed by atoms with Crippen molar-refractivity contribution in [2.45, 2.75) is 95.6 Å². The Balaban J connectivity index is 0. The zero-order valence-corrected chi connectivity index (χ0v) is 18.5. The minimum Gasteiger partial charge on any atom is -0.748 e. The maximum Gasteiger partial charge on any atom is 1.00 e. The standard InChI is InChI=1S/C16H34O4S.K/c1-2-3-4-5-7-10-13-16(21(18,19)20)14-11-8-6-9-12-15-17;/h16-17H,2-15H2,1H3,(H,18,19,20);/q;+1/p-1. The van der Waals surface area contributed by atoms with Gasteiger partial charge in [0.1, 0.15) is 0 Å². The molecule has 0 aromatic carbocycles. The molecule has 0 heterocycles. The summed E-state index contributed by atoms with van der Waals surface area (Å²) in [5, 5.41) is 7.98.